The van der Waals surface area contributed by atoms with Gasteiger partial charge in [0.05, 0.1) is 12.5 Å². The van der Waals surface area contributed by atoms with Gasteiger partial charge in [-0.15, -0.1) is 0 Å². The number of carboxylic acids is 1. The zero-order chi connectivity index (χ0) is 56.8. The van der Waals surface area contributed by atoms with Crippen molar-refractivity contribution in [2.45, 2.75) is 81.2 Å². The monoisotopic (exact) mass is 1070 g/mol. The van der Waals surface area contributed by atoms with E-state index in [9.17, 15) is 84.3 Å². The van der Waals surface area contributed by atoms with Crippen LogP contribution in [-0.4, -0.2) is 117 Å². The van der Waals surface area contributed by atoms with Crippen LogP contribution >= 0.6 is 0 Å². The molecule has 0 heterocycles. The smallest absolute Gasteiger partial charge is 0.330 e. The van der Waals surface area contributed by atoms with Crippen LogP contribution in [0.2, 0.25) is 0 Å². The second-order valence-corrected chi connectivity index (χ2v) is 18.1. The van der Waals surface area contributed by atoms with E-state index in [1.807, 2.05) is 0 Å². The highest BCUT2D eigenvalue weighted by Crippen LogP contribution is 2.29. The molecule has 0 bridgehead atoms. The minimum Gasteiger partial charge on any atom is -0.508 e. The van der Waals surface area contributed by atoms with Gasteiger partial charge in [-0.05, 0) is 101 Å². The van der Waals surface area contributed by atoms with Crippen LogP contribution in [-0.2, 0) is 38.4 Å². The number of aromatic hydroxyl groups is 6. The fourth-order valence-electron chi connectivity index (χ4n) is 7.79. The number of carbonyl (C=O) groups excluding carboxylic acids is 7. The minimum absolute atomic E-state index is 0.00798. The molecule has 0 fully saturated rings. The number of nitrogens with two attached hydrogens (primary N) is 2. The molecule has 25 nitrogen and oxygen atoms in total. The van der Waals surface area contributed by atoms with Crippen molar-refractivity contribution in [1.29, 1.82) is 0 Å². The van der Waals surface area contributed by atoms with Crippen LogP contribution in [0.25, 0.3) is 0 Å². The van der Waals surface area contributed by atoms with Crippen molar-refractivity contribution >= 4 is 47.3 Å². The molecule has 0 saturated carbocycles. The van der Waals surface area contributed by atoms with E-state index >= 15 is 0 Å². The average Bonchev–Trinajstić information content (AvgIpc) is 3.37. The number of aliphatic carboxylic acids is 1. The molecule has 7 amide bonds. The first-order valence-electron chi connectivity index (χ1n) is 23.4. The molecule has 5 aromatic carbocycles. The molecule has 4 unspecified atom stereocenters. The maximum atomic E-state index is 14.7. The predicted molar refractivity (Wildman–Crippen MR) is 269 cm³/mol. The number of amides is 7. The molecule has 0 spiro atoms. The lowest BCUT2D eigenvalue weighted by Crippen LogP contribution is -2.59. The summed E-state index contributed by atoms with van der Waals surface area (Å²) in [6.07, 6.45) is -4.71. The molecule has 0 aliphatic carbocycles. The Morgan fingerprint density at radius 2 is 0.779 bits per heavy atom. The van der Waals surface area contributed by atoms with E-state index in [-0.39, 0.29) is 63.2 Å². The van der Waals surface area contributed by atoms with Crippen molar-refractivity contribution in [3.8, 4) is 34.5 Å². The molecule has 0 saturated heterocycles. The number of phenols is 6. The molecule has 19 N–H and O–H groups in total. The third-order valence-electron chi connectivity index (χ3n) is 11.7. The molecular weight excluding hydrogens is 1010 g/mol. The number of phenolic OH excluding ortho intramolecular Hbond substituents is 6. The van der Waals surface area contributed by atoms with Gasteiger partial charge in [0.25, 0.3) is 0 Å². The number of carboxylic acid groups (broad SMARTS) is 1. The highest BCUT2D eigenvalue weighted by Gasteiger charge is 2.39. The molecule has 0 aliphatic rings. The SMILES string of the molecule is CC(C)C[C@H](N)C(=O)NC(C(=O)N[C@@H](CC(N)=O)C(=O)N[C@@H](C(=O)N[C@@H](C(=O)NC(C(=O)N[C@H](C(=O)O)c1cc(O)cc(O)c1)C(O)c1ccc(O)cc1)c1ccc(O)cc1)c1ccc(O)cc1)C(O)c1ccc(O)cc1. The van der Waals surface area contributed by atoms with E-state index in [0.717, 1.165) is 54.6 Å². The number of rotatable bonds is 24. The quantitative estimate of drug-likeness (QED) is 0.0388. The van der Waals surface area contributed by atoms with Gasteiger partial charge in [-0.1, -0.05) is 62.4 Å². The summed E-state index contributed by atoms with van der Waals surface area (Å²) in [7, 11) is 0. The molecular formula is C52H58N8O17. The lowest BCUT2D eigenvalue weighted by molar-refractivity contribution is -0.143. The zero-order valence-electron chi connectivity index (χ0n) is 41.1. The predicted octanol–water partition coefficient (Wildman–Crippen LogP) is 0.0475. The summed E-state index contributed by atoms with van der Waals surface area (Å²) >= 11 is 0. The third-order valence-corrected chi connectivity index (χ3v) is 11.7. The zero-order valence-corrected chi connectivity index (χ0v) is 41.1. The summed E-state index contributed by atoms with van der Waals surface area (Å²) in [5.41, 5.74) is 10.9. The van der Waals surface area contributed by atoms with E-state index in [0.29, 0.717) is 0 Å². The molecule has 77 heavy (non-hydrogen) atoms. The Hall–Kier alpha value is -9.46. The topological polar surface area (TPSA) is 443 Å². The number of carbonyl (C=O) groups is 8. The van der Waals surface area contributed by atoms with Crippen LogP contribution in [0.15, 0.2) is 115 Å². The van der Waals surface area contributed by atoms with Crippen LogP contribution in [0.5, 0.6) is 34.5 Å². The normalized spacial score (nSPS) is 14.6. The summed E-state index contributed by atoms with van der Waals surface area (Å²) in [6, 6.07) is 8.21. The molecule has 25 heteroatoms. The Bertz CT molecular complexity index is 2900. The summed E-state index contributed by atoms with van der Waals surface area (Å²) < 4.78 is 0. The number of primary amides is 1. The molecule has 0 radical (unpaired) electrons. The Balaban J connectivity index is 1.51. The highest BCUT2D eigenvalue weighted by atomic mass is 16.4. The highest BCUT2D eigenvalue weighted by molar-refractivity contribution is 5.99. The number of benzene rings is 5. The summed E-state index contributed by atoms with van der Waals surface area (Å²) in [5.74, 6) is -12.6. The van der Waals surface area contributed by atoms with E-state index in [1.165, 1.54) is 60.7 Å². The van der Waals surface area contributed by atoms with Crippen molar-refractivity contribution in [1.82, 2.24) is 31.9 Å². The van der Waals surface area contributed by atoms with Gasteiger partial charge in [-0.3, -0.25) is 33.6 Å². The molecule has 5 aromatic rings. The first kappa shape index (κ1) is 58.4. The number of nitrogens with one attached hydrogen (secondary N) is 6. The standard InChI is InChI=1S/C52H58N8O17/c1-24(2)19-36(53)46(70)59-42(44(68)27-7-15-32(63)16-8-27)50(74)55-37(23-38(54)67)47(71)56-39(25-3-11-30(61)12-4-25)48(72)57-40(26-5-13-31(62)14-6-26)49(73)60-43(45(69)28-9-17-33(64)18-10-28)51(75)58-41(52(76)77)29-20-34(65)22-35(66)21-29/h3-18,20-22,24,36-37,39-45,61-66,68-69H,19,23,53H2,1-2H3,(H2,54,67)(H,55,74)(H,56,71)(H,57,72)(H,58,75)(H,59,70)(H,60,73)(H,76,77)/t36-,37-,39+,40+,41-,42?,43?,44?,45?/m0/s1. The summed E-state index contributed by atoms with van der Waals surface area (Å²) in [6.45, 7) is 3.56. The van der Waals surface area contributed by atoms with Gasteiger partial charge in [0.1, 0.15) is 76.9 Å². The number of hydrogen-bond donors (Lipinski definition) is 17. The van der Waals surface area contributed by atoms with Crippen molar-refractivity contribution < 1.29 is 84.3 Å². The van der Waals surface area contributed by atoms with Crippen LogP contribution in [0.1, 0.15) is 84.8 Å². The summed E-state index contributed by atoms with van der Waals surface area (Å²) in [5, 5.41) is 107. The van der Waals surface area contributed by atoms with E-state index < -0.39 is 120 Å². The van der Waals surface area contributed by atoms with Crippen LogP contribution in [0.3, 0.4) is 0 Å². The van der Waals surface area contributed by atoms with Crippen molar-refractivity contribution in [2.75, 3.05) is 0 Å². The van der Waals surface area contributed by atoms with Gasteiger partial charge in [-0.25, -0.2) is 4.79 Å². The maximum absolute atomic E-state index is 14.7. The van der Waals surface area contributed by atoms with E-state index in [1.54, 1.807) is 13.8 Å². The van der Waals surface area contributed by atoms with Crippen LogP contribution in [0, 0.1) is 5.92 Å². The fraction of sp³-hybridized carbons (Fsp3) is 0.269. The first-order chi connectivity index (χ1) is 36.3. The minimum atomic E-state index is -2.16. The van der Waals surface area contributed by atoms with Crippen molar-refractivity contribution in [2.24, 2.45) is 17.4 Å². The number of hydrogen-bond acceptors (Lipinski definition) is 17. The Labute approximate surface area is 438 Å². The molecule has 9 atom stereocenters. The molecule has 0 aliphatic heterocycles. The number of aliphatic hydroxyl groups is 2. The Kier molecular flexibility index (Phi) is 19.8. The van der Waals surface area contributed by atoms with Gasteiger partial charge in [-0.2, -0.15) is 0 Å². The second-order valence-electron chi connectivity index (χ2n) is 18.1. The summed E-state index contributed by atoms with van der Waals surface area (Å²) in [4.78, 5) is 110. The Morgan fingerprint density at radius 1 is 0.429 bits per heavy atom. The van der Waals surface area contributed by atoms with Crippen LogP contribution < -0.4 is 43.4 Å². The lowest BCUT2D eigenvalue weighted by atomic mass is 9.98. The Morgan fingerprint density at radius 3 is 1.17 bits per heavy atom. The second kappa shape index (κ2) is 26.2. The van der Waals surface area contributed by atoms with E-state index in [4.69, 9.17) is 11.5 Å². The third kappa shape index (κ3) is 16.3. The van der Waals surface area contributed by atoms with Crippen LogP contribution in [0.4, 0.5) is 0 Å². The maximum Gasteiger partial charge on any atom is 0.330 e. The molecule has 0 aromatic heterocycles. The van der Waals surface area contributed by atoms with Gasteiger partial charge in [0, 0.05) is 6.07 Å². The lowest BCUT2D eigenvalue weighted by Gasteiger charge is -2.29. The van der Waals surface area contributed by atoms with Crippen molar-refractivity contribution in [3.05, 3.63) is 143 Å². The number of aliphatic hydroxyl groups excluding tert-OH is 2. The average molecular weight is 1070 g/mol. The first-order valence-corrected chi connectivity index (χ1v) is 23.4. The van der Waals surface area contributed by atoms with E-state index in [2.05, 4.69) is 31.9 Å². The fourth-order valence-corrected chi connectivity index (χ4v) is 7.79. The molecule has 5 rings (SSSR count). The molecule has 408 valence electrons. The van der Waals surface area contributed by atoms with Gasteiger partial charge >= 0.3 is 5.97 Å². The van der Waals surface area contributed by atoms with Gasteiger partial charge in [0.2, 0.25) is 41.4 Å². The van der Waals surface area contributed by atoms with Gasteiger partial charge in [0.15, 0.2) is 6.04 Å². The van der Waals surface area contributed by atoms with Gasteiger partial charge < -0.3 is 89.3 Å². The van der Waals surface area contributed by atoms with Crippen molar-refractivity contribution in [3.63, 3.8) is 0 Å². The largest absolute Gasteiger partial charge is 0.508 e.